The van der Waals surface area contributed by atoms with Crippen molar-refractivity contribution in [1.29, 1.82) is 0 Å². The highest BCUT2D eigenvalue weighted by Gasteiger charge is 2.17. The summed E-state index contributed by atoms with van der Waals surface area (Å²) >= 11 is 0. The molecule has 7 heteroatoms. The van der Waals surface area contributed by atoms with Crippen molar-refractivity contribution >= 4 is 16.7 Å². The van der Waals surface area contributed by atoms with Gasteiger partial charge in [0.2, 0.25) is 0 Å². The molecule has 0 aliphatic rings. The van der Waals surface area contributed by atoms with Gasteiger partial charge in [-0.05, 0) is 45.6 Å². The average molecular weight is 362 g/mol. The van der Waals surface area contributed by atoms with E-state index in [0.29, 0.717) is 23.2 Å². The molecular formula is C20H22N6O. The van der Waals surface area contributed by atoms with Crippen LogP contribution in [0.4, 0.5) is 0 Å². The number of hydrogen-bond acceptors (Lipinski definition) is 5. The van der Waals surface area contributed by atoms with Crippen molar-refractivity contribution in [1.82, 2.24) is 29.3 Å². The monoisotopic (exact) mass is 362 g/mol. The molecule has 0 fully saturated rings. The Balaban J connectivity index is 1.83. The van der Waals surface area contributed by atoms with Crippen LogP contribution >= 0.6 is 0 Å². The quantitative estimate of drug-likeness (QED) is 0.545. The van der Waals surface area contributed by atoms with Gasteiger partial charge in [0.15, 0.2) is 11.2 Å². The number of pyridine rings is 1. The van der Waals surface area contributed by atoms with Crippen molar-refractivity contribution in [2.75, 3.05) is 20.6 Å². The minimum atomic E-state index is -0.130. The number of benzene rings is 1. The van der Waals surface area contributed by atoms with Crippen LogP contribution in [0.2, 0.25) is 0 Å². The average Bonchev–Trinajstić information content (AvgIpc) is 3.00. The summed E-state index contributed by atoms with van der Waals surface area (Å²) in [4.78, 5) is 14.9. The summed E-state index contributed by atoms with van der Waals surface area (Å²) in [6.07, 6.45) is 2.72. The first kappa shape index (κ1) is 17.4. The molecular weight excluding hydrogens is 340 g/mol. The number of fused-ring (bicyclic) bond motifs is 3. The fourth-order valence-electron chi connectivity index (χ4n) is 3.37. The zero-order valence-electron chi connectivity index (χ0n) is 15.8. The minimum Gasteiger partial charge on any atom is -0.313 e. The molecule has 0 radical (unpaired) electrons. The minimum absolute atomic E-state index is 0.130. The van der Waals surface area contributed by atoms with Gasteiger partial charge in [-0.15, -0.1) is 10.2 Å². The van der Waals surface area contributed by atoms with Crippen LogP contribution in [-0.2, 0) is 6.54 Å². The maximum absolute atomic E-state index is 12.8. The largest absolute Gasteiger partial charge is 0.313 e. The SMILES string of the molecule is Cc1nn2c(nnc3c(=O)n(CCCN(C)C)ccc32)c1-c1ccccc1. The van der Waals surface area contributed by atoms with Crippen molar-refractivity contribution in [3.63, 3.8) is 0 Å². The van der Waals surface area contributed by atoms with Crippen molar-refractivity contribution in [2.24, 2.45) is 0 Å². The molecule has 0 saturated heterocycles. The maximum Gasteiger partial charge on any atom is 0.280 e. The lowest BCUT2D eigenvalue weighted by Gasteiger charge is -2.11. The zero-order valence-corrected chi connectivity index (χ0v) is 15.8. The molecule has 3 heterocycles. The molecule has 3 aromatic heterocycles. The summed E-state index contributed by atoms with van der Waals surface area (Å²) in [7, 11) is 4.05. The molecule has 7 nitrogen and oxygen atoms in total. The van der Waals surface area contributed by atoms with E-state index in [9.17, 15) is 4.79 Å². The second-order valence-corrected chi connectivity index (χ2v) is 6.97. The first-order valence-electron chi connectivity index (χ1n) is 9.01. The van der Waals surface area contributed by atoms with E-state index in [1.165, 1.54) is 0 Å². The smallest absolute Gasteiger partial charge is 0.280 e. The van der Waals surface area contributed by atoms with Gasteiger partial charge in [-0.3, -0.25) is 4.79 Å². The molecule has 0 aliphatic carbocycles. The lowest BCUT2D eigenvalue weighted by Crippen LogP contribution is -2.24. The molecule has 0 N–H and O–H groups in total. The molecule has 0 atom stereocenters. The van der Waals surface area contributed by atoms with Crippen LogP contribution in [0.1, 0.15) is 12.1 Å². The summed E-state index contributed by atoms with van der Waals surface area (Å²) in [5.74, 6) is 0. The highest BCUT2D eigenvalue weighted by molar-refractivity contribution is 5.84. The predicted molar refractivity (Wildman–Crippen MR) is 106 cm³/mol. The van der Waals surface area contributed by atoms with Crippen LogP contribution in [0.25, 0.3) is 27.8 Å². The Morgan fingerprint density at radius 1 is 1.07 bits per heavy atom. The first-order valence-corrected chi connectivity index (χ1v) is 9.01. The molecule has 4 aromatic rings. The molecule has 4 rings (SSSR count). The number of aryl methyl sites for hydroxylation is 2. The molecule has 0 amide bonds. The van der Waals surface area contributed by atoms with E-state index in [0.717, 1.165) is 29.8 Å². The van der Waals surface area contributed by atoms with E-state index < -0.39 is 0 Å². The Hall–Kier alpha value is -3.06. The van der Waals surface area contributed by atoms with Gasteiger partial charge < -0.3 is 9.47 Å². The predicted octanol–water partition coefficient (Wildman–Crippen LogP) is 2.37. The number of nitrogens with zero attached hydrogens (tertiary/aromatic N) is 6. The molecule has 0 aliphatic heterocycles. The third-order valence-corrected chi connectivity index (χ3v) is 4.69. The van der Waals surface area contributed by atoms with E-state index in [1.807, 2.05) is 63.6 Å². The molecule has 1 aromatic carbocycles. The molecule has 138 valence electrons. The van der Waals surface area contributed by atoms with Crippen LogP contribution < -0.4 is 5.56 Å². The van der Waals surface area contributed by atoms with Crippen LogP contribution in [0, 0.1) is 6.92 Å². The van der Waals surface area contributed by atoms with E-state index >= 15 is 0 Å². The Morgan fingerprint density at radius 2 is 1.85 bits per heavy atom. The van der Waals surface area contributed by atoms with Gasteiger partial charge in [-0.1, -0.05) is 30.3 Å². The fourth-order valence-corrected chi connectivity index (χ4v) is 3.37. The fraction of sp³-hybridized carbons (Fsp3) is 0.300. The summed E-state index contributed by atoms with van der Waals surface area (Å²) in [5, 5.41) is 13.2. The standard InChI is InChI=1S/C20H22N6O/c1-14-17(15-8-5-4-6-9-15)19-22-21-18-16(26(19)23-14)10-13-25(20(18)27)12-7-11-24(2)3/h4-6,8-10,13H,7,11-12H2,1-3H3. The van der Waals surface area contributed by atoms with Crippen molar-refractivity contribution < 1.29 is 0 Å². The van der Waals surface area contributed by atoms with Crippen molar-refractivity contribution in [3.05, 3.63) is 58.6 Å². The van der Waals surface area contributed by atoms with Gasteiger partial charge >= 0.3 is 0 Å². The Bertz CT molecular complexity index is 1160. The first-order chi connectivity index (χ1) is 13.1. The lowest BCUT2D eigenvalue weighted by molar-refractivity contribution is 0.385. The van der Waals surface area contributed by atoms with Crippen LogP contribution in [0.15, 0.2) is 47.4 Å². The summed E-state index contributed by atoms with van der Waals surface area (Å²) in [6, 6.07) is 11.9. The van der Waals surface area contributed by atoms with Crippen LogP contribution in [-0.4, -0.2) is 49.9 Å². The zero-order chi connectivity index (χ0) is 19.0. The van der Waals surface area contributed by atoms with Gasteiger partial charge in [0.1, 0.15) is 5.52 Å². The summed E-state index contributed by atoms with van der Waals surface area (Å²) < 4.78 is 3.42. The molecule has 0 unspecified atom stereocenters. The van der Waals surface area contributed by atoms with Crippen LogP contribution in [0.5, 0.6) is 0 Å². The maximum atomic E-state index is 12.8. The van der Waals surface area contributed by atoms with Gasteiger partial charge in [-0.25, -0.2) is 4.52 Å². The second kappa shape index (κ2) is 6.92. The second-order valence-electron chi connectivity index (χ2n) is 6.97. The normalized spacial score (nSPS) is 11.7. The topological polar surface area (TPSA) is 68.3 Å². The molecule has 27 heavy (non-hydrogen) atoms. The highest BCUT2D eigenvalue weighted by atomic mass is 16.1. The van der Waals surface area contributed by atoms with Crippen molar-refractivity contribution in [3.8, 4) is 11.1 Å². The Labute approximate surface area is 156 Å². The molecule has 0 spiro atoms. The van der Waals surface area contributed by atoms with Gasteiger partial charge in [-0.2, -0.15) is 5.10 Å². The lowest BCUT2D eigenvalue weighted by atomic mass is 10.1. The van der Waals surface area contributed by atoms with E-state index in [2.05, 4.69) is 20.2 Å². The summed E-state index contributed by atoms with van der Waals surface area (Å²) in [6.45, 7) is 3.53. The number of rotatable bonds is 5. The number of aromatic nitrogens is 5. The van der Waals surface area contributed by atoms with E-state index in [-0.39, 0.29) is 5.56 Å². The van der Waals surface area contributed by atoms with Crippen LogP contribution in [0.3, 0.4) is 0 Å². The van der Waals surface area contributed by atoms with Gasteiger partial charge in [0.25, 0.3) is 5.56 Å². The molecule has 0 saturated carbocycles. The Morgan fingerprint density at radius 3 is 2.59 bits per heavy atom. The van der Waals surface area contributed by atoms with Gasteiger partial charge in [0.05, 0.1) is 11.3 Å². The highest BCUT2D eigenvalue weighted by Crippen LogP contribution is 2.27. The Kier molecular flexibility index (Phi) is 4.45. The summed E-state index contributed by atoms with van der Waals surface area (Å²) in [5.41, 5.74) is 4.40. The van der Waals surface area contributed by atoms with Crippen molar-refractivity contribution in [2.45, 2.75) is 19.9 Å². The third kappa shape index (κ3) is 3.10. The van der Waals surface area contributed by atoms with Gasteiger partial charge in [0, 0.05) is 12.7 Å². The number of hydrogen-bond donors (Lipinski definition) is 0. The van der Waals surface area contributed by atoms with E-state index in [1.54, 1.807) is 9.08 Å². The third-order valence-electron chi connectivity index (χ3n) is 4.69. The van der Waals surface area contributed by atoms with E-state index in [4.69, 9.17) is 0 Å². The molecule has 0 bridgehead atoms.